The van der Waals surface area contributed by atoms with Crippen LogP contribution in [0.5, 0.6) is 5.75 Å². The molecule has 9 heteroatoms. The van der Waals surface area contributed by atoms with Crippen LogP contribution in [0.1, 0.15) is 11.1 Å². The molecule has 0 aromatic heterocycles. The number of urea groups is 1. The summed E-state index contributed by atoms with van der Waals surface area (Å²) >= 11 is 5.66. The molecule has 0 aliphatic carbocycles. The molecule has 1 aliphatic rings. The van der Waals surface area contributed by atoms with E-state index in [1.165, 1.54) is 18.2 Å². The van der Waals surface area contributed by atoms with Gasteiger partial charge < -0.3 is 4.74 Å². The average Bonchev–Trinajstić information content (AvgIpc) is 2.87. The highest BCUT2D eigenvalue weighted by molar-refractivity contribution is 14.1. The lowest BCUT2D eigenvalue weighted by atomic mass is 10.1. The SMILES string of the molecule is O=C1NC(=O)N(c2ccc(F)cc2)C(=O)/C1=C/c1cc(Br)c(OCc2cccc3ccccc23)c(I)c1. The highest BCUT2D eigenvalue weighted by Gasteiger charge is 2.36. The fourth-order valence-corrected chi connectivity index (χ4v) is 5.79. The van der Waals surface area contributed by atoms with Crippen LogP contribution in [0.2, 0.25) is 0 Å². The molecular weight excluding hydrogens is 654 g/mol. The average molecular weight is 671 g/mol. The van der Waals surface area contributed by atoms with Crippen LogP contribution in [0.15, 0.2) is 88.9 Å². The topological polar surface area (TPSA) is 75.7 Å². The van der Waals surface area contributed by atoms with Crippen molar-refractivity contribution in [3.8, 4) is 5.75 Å². The quantitative estimate of drug-likeness (QED) is 0.148. The lowest BCUT2D eigenvalue weighted by Crippen LogP contribution is -2.54. The number of anilines is 1. The van der Waals surface area contributed by atoms with Gasteiger partial charge in [0.05, 0.1) is 13.7 Å². The van der Waals surface area contributed by atoms with Crippen molar-refractivity contribution in [3.63, 3.8) is 0 Å². The predicted molar refractivity (Wildman–Crippen MR) is 151 cm³/mol. The second-order valence-corrected chi connectivity index (χ2v) is 10.2. The Kier molecular flexibility index (Phi) is 7.07. The Morgan fingerprint density at radius 2 is 1.70 bits per heavy atom. The Balaban J connectivity index is 1.41. The number of hydrogen-bond donors (Lipinski definition) is 1. The summed E-state index contributed by atoms with van der Waals surface area (Å²) in [5, 5.41) is 4.40. The number of halogens is 3. The molecule has 4 aromatic carbocycles. The first-order valence-corrected chi connectivity index (χ1v) is 12.9. The molecule has 37 heavy (non-hydrogen) atoms. The second-order valence-electron chi connectivity index (χ2n) is 8.17. The molecule has 1 heterocycles. The zero-order valence-corrected chi connectivity index (χ0v) is 22.7. The Hall–Kier alpha value is -3.57. The summed E-state index contributed by atoms with van der Waals surface area (Å²) in [6, 6.07) is 21.6. The standard InChI is InChI=1S/C28H17BrFIN2O4/c29-23-13-16(12-22-26(34)32-28(36)33(27(22)35)20-10-8-19(30)9-11-20)14-24(31)25(23)37-15-18-6-3-5-17-4-1-2-7-21(17)18/h1-14H,15H2,(H,32,34,36)/b22-12+. The lowest BCUT2D eigenvalue weighted by molar-refractivity contribution is -0.122. The van der Waals surface area contributed by atoms with E-state index in [1.807, 2.05) is 36.4 Å². The van der Waals surface area contributed by atoms with Gasteiger partial charge >= 0.3 is 6.03 Å². The summed E-state index contributed by atoms with van der Waals surface area (Å²) in [7, 11) is 0. The molecule has 0 radical (unpaired) electrons. The van der Waals surface area contributed by atoms with E-state index in [-0.39, 0.29) is 11.3 Å². The van der Waals surface area contributed by atoms with Crippen LogP contribution in [-0.4, -0.2) is 17.8 Å². The van der Waals surface area contributed by atoms with Gasteiger partial charge in [-0.3, -0.25) is 14.9 Å². The maximum atomic E-state index is 13.3. The summed E-state index contributed by atoms with van der Waals surface area (Å²) < 4.78 is 20.9. The van der Waals surface area contributed by atoms with E-state index in [1.54, 1.807) is 12.1 Å². The van der Waals surface area contributed by atoms with E-state index in [9.17, 15) is 18.8 Å². The molecule has 0 unspecified atom stereocenters. The Morgan fingerprint density at radius 3 is 2.46 bits per heavy atom. The fourth-order valence-electron chi connectivity index (χ4n) is 4.02. The van der Waals surface area contributed by atoms with Crippen molar-refractivity contribution in [1.82, 2.24) is 5.32 Å². The van der Waals surface area contributed by atoms with Gasteiger partial charge in [-0.2, -0.15) is 0 Å². The van der Waals surface area contributed by atoms with Crippen molar-refractivity contribution in [2.24, 2.45) is 0 Å². The van der Waals surface area contributed by atoms with Crippen molar-refractivity contribution in [1.29, 1.82) is 0 Å². The van der Waals surface area contributed by atoms with Gasteiger partial charge in [0, 0.05) is 0 Å². The molecule has 1 aliphatic heterocycles. The summed E-state index contributed by atoms with van der Waals surface area (Å²) in [6.07, 6.45) is 1.40. The minimum atomic E-state index is -0.897. The largest absolute Gasteiger partial charge is 0.487 e. The first-order valence-electron chi connectivity index (χ1n) is 11.1. The molecule has 4 amide bonds. The molecule has 0 spiro atoms. The van der Waals surface area contributed by atoms with Gasteiger partial charge in [-0.1, -0.05) is 42.5 Å². The highest BCUT2D eigenvalue weighted by Crippen LogP contribution is 2.34. The first kappa shape index (κ1) is 25.1. The third kappa shape index (κ3) is 5.14. The number of hydrogen-bond acceptors (Lipinski definition) is 4. The van der Waals surface area contributed by atoms with Gasteiger partial charge in [0.1, 0.15) is 23.7 Å². The molecule has 184 valence electrons. The van der Waals surface area contributed by atoms with Crippen LogP contribution >= 0.6 is 38.5 Å². The summed E-state index contributed by atoms with van der Waals surface area (Å²) in [6.45, 7) is 0.353. The van der Waals surface area contributed by atoms with Crippen molar-refractivity contribution < 1.29 is 23.5 Å². The minimum Gasteiger partial charge on any atom is -0.487 e. The highest BCUT2D eigenvalue weighted by atomic mass is 127. The van der Waals surface area contributed by atoms with E-state index in [2.05, 4.69) is 49.9 Å². The second kappa shape index (κ2) is 10.4. The van der Waals surface area contributed by atoms with E-state index in [0.717, 1.165) is 36.9 Å². The first-order chi connectivity index (χ1) is 17.8. The number of carbonyl (C=O) groups excluding carboxylic acids is 3. The number of benzene rings is 4. The van der Waals surface area contributed by atoms with Crippen LogP contribution in [0.4, 0.5) is 14.9 Å². The molecule has 6 nitrogen and oxygen atoms in total. The van der Waals surface area contributed by atoms with Crippen LogP contribution in [0, 0.1) is 9.39 Å². The van der Waals surface area contributed by atoms with Crippen molar-refractivity contribution in [3.05, 3.63) is 109 Å². The molecule has 0 atom stereocenters. The monoisotopic (exact) mass is 670 g/mol. The van der Waals surface area contributed by atoms with Crippen LogP contribution in [0.25, 0.3) is 16.8 Å². The summed E-state index contributed by atoms with van der Waals surface area (Å²) in [4.78, 5) is 38.7. The fraction of sp³-hybridized carbons (Fsp3) is 0.0357. The number of fused-ring (bicyclic) bond motifs is 1. The van der Waals surface area contributed by atoms with E-state index in [0.29, 0.717) is 22.4 Å². The number of barbiturate groups is 1. The van der Waals surface area contributed by atoms with Gasteiger partial charge in [0.15, 0.2) is 0 Å². The zero-order chi connectivity index (χ0) is 26.1. The molecular formula is C28H17BrFIN2O4. The molecule has 1 N–H and O–H groups in total. The third-order valence-corrected chi connectivity index (χ3v) is 7.16. The van der Waals surface area contributed by atoms with Gasteiger partial charge in [0.2, 0.25) is 0 Å². The van der Waals surface area contributed by atoms with Gasteiger partial charge in [0.25, 0.3) is 11.8 Å². The summed E-state index contributed by atoms with van der Waals surface area (Å²) in [5.41, 5.74) is 1.52. The van der Waals surface area contributed by atoms with Gasteiger partial charge in [-0.15, -0.1) is 0 Å². The van der Waals surface area contributed by atoms with Crippen LogP contribution < -0.4 is 15.0 Å². The minimum absolute atomic E-state index is 0.148. The van der Waals surface area contributed by atoms with Crippen molar-refractivity contribution in [2.75, 3.05) is 4.90 Å². The smallest absolute Gasteiger partial charge is 0.335 e. The van der Waals surface area contributed by atoms with Gasteiger partial charge in [-0.25, -0.2) is 14.1 Å². The predicted octanol–water partition coefficient (Wildman–Crippen LogP) is 6.59. The van der Waals surface area contributed by atoms with Crippen LogP contribution in [-0.2, 0) is 16.2 Å². The number of nitrogens with zero attached hydrogens (tertiary/aromatic N) is 1. The van der Waals surface area contributed by atoms with E-state index < -0.39 is 23.7 Å². The molecule has 1 saturated heterocycles. The lowest BCUT2D eigenvalue weighted by Gasteiger charge is -2.26. The van der Waals surface area contributed by atoms with Crippen molar-refractivity contribution in [2.45, 2.75) is 6.61 Å². The number of imide groups is 2. The molecule has 1 fully saturated rings. The Labute approximate surface area is 233 Å². The molecule has 0 saturated carbocycles. The maximum Gasteiger partial charge on any atom is 0.335 e. The molecule has 5 rings (SSSR count). The van der Waals surface area contributed by atoms with Crippen LogP contribution in [0.3, 0.4) is 0 Å². The normalized spacial score (nSPS) is 14.8. The van der Waals surface area contributed by atoms with E-state index in [4.69, 9.17) is 4.74 Å². The Morgan fingerprint density at radius 1 is 0.973 bits per heavy atom. The molecule has 4 aromatic rings. The summed E-state index contributed by atoms with van der Waals surface area (Å²) in [5.74, 6) is -1.50. The Bertz CT molecular complexity index is 1580. The number of carbonyl (C=O) groups is 3. The third-order valence-electron chi connectivity index (χ3n) is 5.77. The van der Waals surface area contributed by atoms with Crippen molar-refractivity contribution >= 4 is 78.9 Å². The number of amides is 4. The number of rotatable bonds is 5. The molecule has 0 bridgehead atoms. The maximum absolute atomic E-state index is 13.3. The van der Waals surface area contributed by atoms with Gasteiger partial charge in [-0.05, 0) is 103 Å². The number of nitrogens with one attached hydrogen (secondary N) is 1. The number of ether oxygens (including phenoxy) is 1. The van der Waals surface area contributed by atoms with E-state index >= 15 is 0 Å². The zero-order valence-electron chi connectivity index (χ0n) is 19.0.